The molecule has 20 atom stereocenters. The molecule has 4 saturated heterocycles. The van der Waals surface area contributed by atoms with Crippen LogP contribution in [0.5, 0.6) is 0 Å². The van der Waals surface area contributed by atoms with Crippen LogP contribution < -0.4 is 21.3 Å². The number of ether oxygens (including phenoxy) is 17. The largest absolute Gasteiger partial charge is 0.462 e. The van der Waals surface area contributed by atoms with Gasteiger partial charge in [0.1, 0.15) is 124 Å². The fraction of sp³-hybridized carbons (Fsp3) is 0.484. The Bertz CT molecular complexity index is 4770. The van der Waals surface area contributed by atoms with E-state index in [4.69, 9.17) is 84.7 Å². The Hall–Kier alpha value is -10.0. The Morgan fingerprint density at radius 1 is 0.297 bits per heavy atom. The van der Waals surface area contributed by atoms with Crippen LogP contribution in [0.15, 0.2) is 212 Å². The molecular formula is C95H118N4O28S. The highest BCUT2D eigenvalue weighted by Crippen LogP contribution is 2.41. The highest BCUT2D eigenvalue weighted by molar-refractivity contribution is 7.80. The molecule has 128 heavy (non-hydrogen) atoms. The lowest BCUT2D eigenvalue weighted by Gasteiger charge is -2.53. The van der Waals surface area contributed by atoms with Gasteiger partial charge in [0.15, 0.2) is 25.2 Å². The summed E-state index contributed by atoms with van der Waals surface area (Å²) >= 11 is 0. The molecule has 692 valence electrons. The van der Waals surface area contributed by atoms with Crippen LogP contribution in [0, 0.1) is 16.2 Å². The van der Waals surface area contributed by atoms with Crippen LogP contribution >= 0.6 is 0 Å². The Morgan fingerprint density at radius 2 is 0.523 bits per heavy atom. The van der Waals surface area contributed by atoms with E-state index in [0.717, 1.165) is 5.56 Å². The Balaban J connectivity index is 1.08. The predicted octanol–water partition coefficient (Wildman–Crippen LogP) is 10.6. The molecule has 4 aliphatic rings. The van der Waals surface area contributed by atoms with Gasteiger partial charge in [-0.25, -0.2) is 8.98 Å². The van der Waals surface area contributed by atoms with E-state index in [0.29, 0.717) is 33.4 Å². The van der Waals surface area contributed by atoms with Gasteiger partial charge in [-0.15, -0.1) is 0 Å². The molecular weight excluding hydrogens is 1680 g/mol. The van der Waals surface area contributed by atoms with Gasteiger partial charge < -0.3 is 102 Å². The van der Waals surface area contributed by atoms with Gasteiger partial charge in [-0.3, -0.25) is 33.3 Å². The molecule has 0 radical (unpaired) electrons. The first-order valence-electron chi connectivity index (χ1n) is 42.5. The number of hydrogen-bond donors (Lipinski definition) is 5. The normalized spacial score (nSPS) is 26.2. The molecule has 0 saturated carbocycles. The van der Waals surface area contributed by atoms with E-state index in [9.17, 15) is 46.5 Å². The summed E-state index contributed by atoms with van der Waals surface area (Å²) in [6, 6.07) is 56.8. The lowest BCUT2D eigenvalue weighted by molar-refractivity contribution is -0.370. The predicted molar refractivity (Wildman–Crippen MR) is 461 cm³/mol. The van der Waals surface area contributed by atoms with E-state index in [1.165, 1.54) is 20.8 Å². The summed E-state index contributed by atoms with van der Waals surface area (Å²) in [5.41, 5.74) is 1.10. The minimum Gasteiger partial charge on any atom is -0.462 e. The van der Waals surface area contributed by atoms with Gasteiger partial charge >= 0.3 is 34.4 Å². The Morgan fingerprint density at radius 3 is 0.797 bits per heavy atom. The van der Waals surface area contributed by atoms with Crippen molar-refractivity contribution in [2.75, 3.05) is 26.4 Å². The number of carbonyl (C=O) groups excluding carboxylic acids is 7. The molecule has 0 bridgehead atoms. The number of nitrogens with one attached hydrogen (secondary N) is 4. The molecule has 4 aliphatic heterocycles. The maximum Gasteiger partial charge on any atom is 0.407 e. The Kier molecular flexibility index (Phi) is 35.8. The number of amides is 4. The first-order chi connectivity index (χ1) is 61.1. The summed E-state index contributed by atoms with van der Waals surface area (Å²) < 4.78 is 158. The van der Waals surface area contributed by atoms with Gasteiger partial charge in [0, 0.05) is 20.8 Å². The zero-order valence-corrected chi connectivity index (χ0v) is 74.7. The van der Waals surface area contributed by atoms with Gasteiger partial charge in [-0.2, -0.15) is 8.42 Å². The summed E-state index contributed by atoms with van der Waals surface area (Å²) in [6.07, 6.45) is -26.7. The third-order valence-corrected chi connectivity index (χ3v) is 21.5. The van der Waals surface area contributed by atoms with Crippen LogP contribution in [-0.4, -0.2) is 204 Å². The van der Waals surface area contributed by atoms with Gasteiger partial charge in [0.25, 0.3) is 0 Å². The quantitative estimate of drug-likeness (QED) is 0.0136. The number of benzene rings is 7. The van der Waals surface area contributed by atoms with Gasteiger partial charge in [0.2, 0.25) is 17.7 Å². The molecule has 4 amide bonds. The third kappa shape index (κ3) is 29.5. The second kappa shape index (κ2) is 46.5. The standard InChI is InChI=1S/C95H118N4O28S/c1-59(100)96-73-82(112-50-64-38-24-15-25-39-64)80(72(58-120-128(107,108)109)121-85(73)115-53-67-44-30-18-31-45-67)127-87-75(98-61(3)102)83(113-51-65-40-26-16-27-41-65)78(70(124-87)56-117-90(104)94(7,8)9)125-86-74(97-60(2)101)84(114-52-66-42-28-17-29-43-66)79(71(123-86)57-118-91(105)95(10,11)12)126-88-76(99-92(106)119-54-68-46-32-19-33-47-68)81(111-49-63-36-22-14-23-37-63)77(110-48-62-34-20-13-21-35-62)69(122-88)55-116-89(103)93(4,5)6/h13-47,69-88H,48-58H2,1-12H3,(H,96,100)(H,97,101)(H,98,102)(H,99,106)(H,107,108,109)/t69-,70-,71-,72-,73-,74-,75-,76-,77-,78-,79-,80-,81-,82-,83-,84-,85-,86+,87+,88+/m1/s1. The van der Waals surface area contributed by atoms with Gasteiger partial charge in [-0.05, 0) is 101 Å². The molecule has 7 aromatic carbocycles. The molecule has 0 aliphatic carbocycles. The molecule has 5 N–H and O–H groups in total. The number of esters is 3. The average molecular weight is 1800 g/mol. The van der Waals surface area contributed by atoms with Crippen molar-refractivity contribution >= 4 is 52.1 Å². The molecule has 32 nitrogen and oxygen atoms in total. The van der Waals surface area contributed by atoms with E-state index in [1.807, 2.05) is 66.7 Å². The van der Waals surface area contributed by atoms with E-state index in [1.54, 1.807) is 208 Å². The summed E-state index contributed by atoms with van der Waals surface area (Å²) in [7, 11) is -5.29. The molecule has 7 aromatic rings. The maximum atomic E-state index is 15.0. The van der Waals surface area contributed by atoms with Crippen molar-refractivity contribution in [3.05, 3.63) is 251 Å². The lowest BCUT2D eigenvalue weighted by atomic mass is 9.92. The summed E-state index contributed by atoms with van der Waals surface area (Å²) in [5, 5.41) is 11.9. The topological polar surface area (TPSA) is 388 Å². The van der Waals surface area contributed by atoms with E-state index >= 15 is 0 Å². The van der Waals surface area contributed by atoms with Crippen LogP contribution in [0.2, 0.25) is 0 Å². The average Bonchev–Trinajstić information content (AvgIpc) is 0.685. The number of alkyl carbamates (subject to hydrolysis) is 1. The monoisotopic (exact) mass is 1790 g/mol. The second-order valence-electron chi connectivity index (χ2n) is 34.7. The van der Waals surface area contributed by atoms with Crippen molar-refractivity contribution in [3.63, 3.8) is 0 Å². The van der Waals surface area contributed by atoms with Crippen LogP contribution in [-0.2, 0) is 170 Å². The van der Waals surface area contributed by atoms with Crippen LogP contribution in [0.3, 0.4) is 0 Å². The molecule has 4 heterocycles. The molecule has 33 heteroatoms. The number of rotatable bonds is 39. The zero-order chi connectivity index (χ0) is 91.7. The SMILES string of the molecule is CC(=O)N[C@H]1[C@H](OCc2ccccc2)O[C@H](COS(=O)(=O)O)[C@@H](O[C@@H]2O[C@H](COC(=O)C(C)(C)C)[C@@H](O[C@@H]3O[C@H](COC(=O)C(C)(C)C)[C@@H](O[C@@H]4O[C@H](COC(=O)C(C)(C)C)[C@@H](OCc5ccccc5)[C@H](OCc5ccccc5)[C@H]4NC(=O)OCc4ccccc4)[C@H](OCc4ccccc4)[C@H]3NC(C)=O)[C@H](OCc3ccccc3)[C@H]2NC(C)=O)[C@@H]1OCc1ccccc1. The van der Waals surface area contributed by atoms with E-state index < -0.39 is 217 Å². The molecule has 0 aromatic heterocycles. The third-order valence-electron chi connectivity index (χ3n) is 21.1. The zero-order valence-electron chi connectivity index (χ0n) is 73.9. The first kappa shape index (κ1) is 98.6. The van der Waals surface area contributed by atoms with Gasteiger partial charge in [0.05, 0.1) is 62.5 Å². The smallest absolute Gasteiger partial charge is 0.407 e. The van der Waals surface area contributed by atoms with E-state index in [2.05, 4.69) is 21.3 Å². The van der Waals surface area contributed by atoms with Crippen molar-refractivity contribution in [1.29, 1.82) is 0 Å². The van der Waals surface area contributed by atoms with Crippen molar-refractivity contribution in [2.45, 2.75) is 252 Å². The fourth-order valence-corrected chi connectivity index (χ4v) is 15.0. The van der Waals surface area contributed by atoms with Crippen molar-refractivity contribution in [1.82, 2.24) is 21.3 Å². The molecule has 11 rings (SSSR count). The summed E-state index contributed by atoms with van der Waals surface area (Å²) in [5.74, 6) is -4.12. The molecule has 4 fully saturated rings. The maximum absolute atomic E-state index is 15.0. The van der Waals surface area contributed by atoms with Crippen LogP contribution in [0.25, 0.3) is 0 Å². The second-order valence-corrected chi connectivity index (χ2v) is 35.8. The Labute approximate surface area is 746 Å². The lowest BCUT2D eigenvalue weighted by Crippen LogP contribution is -2.72. The number of carbonyl (C=O) groups is 7. The number of hydrogen-bond acceptors (Lipinski definition) is 27. The van der Waals surface area contributed by atoms with Crippen molar-refractivity contribution in [2.24, 2.45) is 16.2 Å². The summed E-state index contributed by atoms with van der Waals surface area (Å²) in [6.45, 7) is 14.3. The minimum atomic E-state index is -5.29. The van der Waals surface area contributed by atoms with Crippen molar-refractivity contribution in [3.8, 4) is 0 Å². The fourth-order valence-electron chi connectivity index (χ4n) is 14.7. The highest BCUT2D eigenvalue weighted by atomic mass is 32.3. The van der Waals surface area contributed by atoms with Crippen LogP contribution in [0.4, 0.5) is 4.79 Å². The summed E-state index contributed by atoms with van der Waals surface area (Å²) in [4.78, 5) is 101. The van der Waals surface area contributed by atoms with Crippen LogP contribution in [0.1, 0.15) is 122 Å². The highest BCUT2D eigenvalue weighted by Gasteiger charge is 2.60. The minimum absolute atomic E-state index is 0.0567. The first-order valence-corrected chi connectivity index (χ1v) is 43.9. The molecule has 0 spiro atoms. The van der Waals surface area contributed by atoms with Gasteiger partial charge in [-0.1, -0.05) is 212 Å². The van der Waals surface area contributed by atoms with E-state index in [-0.39, 0.29) is 46.2 Å². The van der Waals surface area contributed by atoms with Crippen molar-refractivity contribution < 1.29 is 131 Å². The molecule has 0 unspecified atom stereocenters.